The van der Waals surface area contributed by atoms with Crippen LogP contribution in [0.15, 0.2) is 41.4 Å². The number of sulfonamides is 1. The number of carbonyl (C=O) groups is 1. The number of carbonyl (C=O) groups excluding carboxylic acids is 1. The highest BCUT2D eigenvalue weighted by Crippen LogP contribution is 2.24. The van der Waals surface area contributed by atoms with E-state index < -0.39 is 10.0 Å². The van der Waals surface area contributed by atoms with Crippen LogP contribution in [0.25, 0.3) is 0 Å². The lowest BCUT2D eigenvalue weighted by Gasteiger charge is -2.16. The first-order chi connectivity index (χ1) is 14.3. The van der Waals surface area contributed by atoms with Gasteiger partial charge >= 0.3 is 0 Å². The Morgan fingerprint density at radius 1 is 1.17 bits per heavy atom. The SMILES string of the molecule is Cc1cc(NS(=O)(=O)c2ccc(NC(=O)c3cnn4c3OCCC4)cc2)nc(C)n1. The summed E-state index contributed by atoms with van der Waals surface area (Å²) in [5.74, 6) is 0.733. The van der Waals surface area contributed by atoms with Gasteiger partial charge in [0, 0.05) is 30.4 Å². The molecular weight excluding hydrogens is 408 g/mol. The Kier molecular flexibility index (Phi) is 5.12. The van der Waals surface area contributed by atoms with Crippen molar-refractivity contribution in [3.05, 3.63) is 53.6 Å². The minimum atomic E-state index is -3.83. The summed E-state index contributed by atoms with van der Waals surface area (Å²) in [4.78, 5) is 20.8. The second-order valence-electron chi connectivity index (χ2n) is 6.81. The van der Waals surface area contributed by atoms with Gasteiger partial charge in [-0.05, 0) is 38.1 Å². The number of aryl methyl sites for hydroxylation is 3. The van der Waals surface area contributed by atoms with Gasteiger partial charge in [-0.3, -0.25) is 9.52 Å². The summed E-state index contributed by atoms with van der Waals surface area (Å²) in [6.07, 6.45) is 2.30. The van der Waals surface area contributed by atoms with Gasteiger partial charge in [0.1, 0.15) is 17.2 Å². The number of hydrogen-bond acceptors (Lipinski definition) is 7. The number of hydrogen-bond donors (Lipinski definition) is 2. The molecule has 1 aromatic carbocycles. The maximum atomic E-state index is 12.6. The Hall–Kier alpha value is -3.47. The van der Waals surface area contributed by atoms with Crippen LogP contribution in [0.4, 0.5) is 11.5 Å². The predicted molar refractivity (Wildman–Crippen MR) is 109 cm³/mol. The van der Waals surface area contributed by atoms with Crippen molar-refractivity contribution < 1.29 is 17.9 Å². The zero-order chi connectivity index (χ0) is 21.3. The molecule has 0 fully saturated rings. The highest BCUT2D eigenvalue weighted by atomic mass is 32.2. The van der Waals surface area contributed by atoms with Crippen molar-refractivity contribution in [2.75, 3.05) is 16.6 Å². The van der Waals surface area contributed by atoms with E-state index in [9.17, 15) is 13.2 Å². The van der Waals surface area contributed by atoms with E-state index in [2.05, 4.69) is 25.1 Å². The molecule has 0 saturated carbocycles. The molecule has 30 heavy (non-hydrogen) atoms. The third kappa shape index (κ3) is 4.10. The number of nitrogens with zero attached hydrogens (tertiary/aromatic N) is 4. The monoisotopic (exact) mass is 428 g/mol. The smallest absolute Gasteiger partial charge is 0.263 e. The molecule has 1 amide bonds. The van der Waals surface area contributed by atoms with E-state index in [0.29, 0.717) is 41.8 Å². The van der Waals surface area contributed by atoms with Crippen molar-refractivity contribution in [1.82, 2.24) is 19.7 Å². The molecule has 1 aliphatic rings. The molecule has 0 unspecified atom stereocenters. The number of aromatic nitrogens is 4. The molecule has 0 aliphatic carbocycles. The Morgan fingerprint density at radius 3 is 2.67 bits per heavy atom. The number of amides is 1. The zero-order valence-electron chi connectivity index (χ0n) is 16.4. The maximum absolute atomic E-state index is 12.6. The van der Waals surface area contributed by atoms with Gasteiger partial charge < -0.3 is 10.1 Å². The molecule has 156 valence electrons. The van der Waals surface area contributed by atoms with E-state index in [-0.39, 0.29) is 16.6 Å². The molecule has 4 rings (SSSR count). The van der Waals surface area contributed by atoms with Crippen molar-refractivity contribution in [2.24, 2.45) is 0 Å². The lowest BCUT2D eigenvalue weighted by molar-refractivity contribution is 0.102. The summed E-state index contributed by atoms with van der Waals surface area (Å²) in [5, 5.41) is 6.88. The largest absolute Gasteiger partial charge is 0.477 e. The lowest BCUT2D eigenvalue weighted by atomic mass is 10.2. The van der Waals surface area contributed by atoms with Gasteiger partial charge in [0.05, 0.1) is 17.7 Å². The highest BCUT2D eigenvalue weighted by molar-refractivity contribution is 7.92. The lowest BCUT2D eigenvalue weighted by Crippen LogP contribution is -2.18. The van der Waals surface area contributed by atoms with Gasteiger partial charge in [-0.15, -0.1) is 0 Å². The second kappa shape index (κ2) is 7.75. The highest BCUT2D eigenvalue weighted by Gasteiger charge is 2.22. The van der Waals surface area contributed by atoms with Gasteiger partial charge in [0.15, 0.2) is 0 Å². The van der Waals surface area contributed by atoms with E-state index in [0.717, 1.165) is 6.42 Å². The van der Waals surface area contributed by atoms with Gasteiger partial charge in [0.2, 0.25) is 5.88 Å². The van der Waals surface area contributed by atoms with Crippen LogP contribution in [0.1, 0.15) is 28.3 Å². The summed E-state index contributed by atoms with van der Waals surface area (Å²) >= 11 is 0. The fourth-order valence-corrected chi connectivity index (χ4v) is 4.10. The summed E-state index contributed by atoms with van der Waals surface area (Å²) < 4.78 is 34.9. The Balaban J connectivity index is 1.48. The van der Waals surface area contributed by atoms with Crippen molar-refractivity contribution in [2.45, 2.75) is 31.7 Å². The fourth-order valence-electron chi connectivity index (χ4n) is 3.11. The first kappa shape index (κ1) is 19.8. The van der Waals surface area contributed by atoms with E-state index in [1.54, 1.807) is 24.6 Å². The minimum absolute atomic E-state index is 0.0423. The summed E-state index contributed by atoms with van der Waals surface area (Å²) in [7, 11) is -3.83. The van der Waals surface area contributed by atoms with Crippen LogP contribution in [0.3, 0.4) is 0 Å². The Morgan fingerprint density at radius 2 is 1.93 bits per heavy atom. The zero-order valence-corrected chi connectivity index (χ0v) is 17.2. The standard InChI is InChI=1S/C19H20N6O4S/c1-12-10-17(22-13(2)21-12)24-30(27,28)15-6-4-14(5-7-15)23-18(26)16-11-20-25-8-3-9-29-19(16)25/h4-7,10-11H,3,8-9H2,1-2H3,(H,23,26)(H,21,22,24). The number of fused-ring (bicyclic) bond motifs is 1. The number of rotatable bonds is 5. The summed E-state index contributed by atoms with van der Waals surface area (Å²) in [6, 6.07) is 7.39. The summed E-state index contributed by atoms with van der Waals surface area (Å²) in [5.41, 5.74) is 1.44. The molecule has 0 saturated heterocycles. The quantitative estimate of drug-likeness (QED) is 0.637. The van der Waals surface area contributed by atoms with Crippen LogP contribution in [0.5, 0.6) is 5.88 Å². The summed E-state index contributed by atoms with van der Waals surface area (Å²) in [6.45, 7) is 4.68. The molecule has 2 N–H and O–H groups in total. The van der Waals surface area contributed by atoms with Gasteiger partial charge in [-0.1, -0.05) is 0 Å². The van der Waals surface area contributed by atoms with Crippen molar-refractivity contribution >= 4 is 27.4 Å². The fraction of sp³-hybridized carbons (Fsp3) is 0.263. The van der Waals surface area contributed by atoms with Crippen LogP contribution in [0, 0.1) is 13.8 Å². The third-order valence-corrected chi connectivity index (χ3v) is 5.79. The molecule has 0 spiro atoms. The molecule has 2 aromatic heterocycles. The minimum Gasteiger partial charge on any atom is -0.477 e. The van der Waals surface area contributed by atoms with Crippen LogP contribution in [-0.2, 0) is 16.6 Å². The number of anilines is 2. The Labute approximate surface area is 173 Å². The predicted octanol–water partition coefficient (Wildman–Crippen LogP) is 2.13. The molecule has 1 aliphatic heterocycles. The number of nitrogens with one attached hydrogen (secondary N) is 2. The van der Waals surface area contributed by atoms with Gasteiger partial charge in [-0.25, -0.2) is 23.1 Å². The number of ether oxygens (including phenoxy) is 1. The normalized spacial score (nSPS) is 13.3. The van der Waals surface area contributed by atoms with Crippen molar-refractivity contribution in [3.8, 4) is 5.88 Å². The average molecular weight is 428 g/mol. The van der Waals surface area contributed by atoms with Crippen LogP contribution in [0.2, 0.25) is 0 Å². The van der Waals surface area contributed by atoms with E-state index in [4.69, 9.17) is 4.74 Å². The molecule has 0 radical (unpaired) electrons. The molecule has 10 nitrogen and oxygen atoms in total. The second-order valence-corrected chi connectivity index (χ2v) is 8.50. The van der Waals surface area contributed by atoms with E-state index in [1.807, 2.05) is 0 Å². The third-order valence-electron chi connectivity index (χ3n) is 4.42. The molecule has 0 bridgehead atoms. The molecular formula is C19H20N6O4S. The molecule has 0 atom stereocenters. The van der Waals surface area contributed by atoms with E-state index >= 15 is 0 Å². The number of benzene rings is 1. The topological polar surface area (TPSA) is 128 Å². The van der Waals surface area contributed by atoms with Crippen LogP contribution >= 0.6 is 0 Å². The van der Waals surface area contributed by atoms with Crippen LogP contribution in [-0.4, -0.2) is 40.7 Å². The maximum Gasteiger partial charge on any atom is 0.263 e. The van der Waals surface area contributed by atoms with Gasteiger partial charge in [-0.2, -0.15) is 5.10 Å². The van der Waals surface area contributed by atoms with Crippen molar-refractivity contribution in [3.63, 3.8) is 0 Å². The first-order valence-corrected chi connectivity index (χ1v) is 10.8. The first-order valence-electron chi connectivity index (χ1n) is 9.27. The molecule has 3 aromatic rings. The van der Waals surface area contributed by atoms with Gasteiger partial charge in [0.25, 0.3) is 15.9 Å². The van der Waals surface area contributed by atoms with Crippen LogP contribution < -0.4 is 14.8 Å². The average Bonchev–Trinajstić information content (AvgIpc) is 3.11. The van der Waals surface area contributed by atoms with E-state index in [1.165, 1.54) is 30.5 Å². The molecule has 11 heteroatoms. The molecule has 3 heterocycles. The van der Waals surface area contributed by atoms with Crippen molar-refractivity contribution in [1.29, 1.82) is 0 Å². The Bertz CT molecular complexity index is 1180.